The molecule has 0 bridgehead atoms. The van der Waals surface area contributed by atoms with Gasteiger partial charge in [0.25, 0.3) is 0 Å². The molecule has 2 heterocycles. The van der Waals surface area contributed by atoms with Crippen molar-refractivity contribution in [2.45, 2.75) is 109 Å². The van der Waals surface area contributed by atoms with Gasteiger partial charge in [-0.05, 0) is 119 Å². The summed E-state index contributed by atoms with van der Waals surface area (Å²) in [6.07, 6.45) is 13.9. The highest BCUT2D eigenvalue weighted by molar-refractivity contribution is 5.85. The van der Waals surface area contributed by atoms with Crippen molar-refractivity contribution in [3.63, 3.8) is 0 Å². The van der Waals surface area contributed by atoms with Crippen LogP contribution in [0.15, 0.2) is 16.3 Å². The van der Waals surface area contributed by atoms with Crippen molar-refractivity contribution in [1.82, 2.24) is 5.32 Å². The van der Waals surface area contributed by atoms with Crippen LogP contribution in [0, 0.1) is 35.0 Å². The molecule has 2 saturated heterocycles. The molecule has 6 aliphatic rings. The standard InChI is InChI=1S/C27H42N2O2/c1-16-10-25-24(28-15-16)14-27(31-25)9-7-20-21-5-4-18-11-19(29-30)6-8-26(18,3)23(21)12-22(20)17(2)13-27/h16,18,20-21,23-25,28,30H,4-15H2,1-3H3/b29-19+/t16?,18?,20?,21?,23?,24?,25?,26-,27-/m0/s1. The van der Waals surface area contributed by atoms with Crippen LogP contribution in [0.3, 0.4) is 0 Å². The number of piperidine rings is 1. The number of rotatable bonds is 0. The van der Waals surface area contributed by atoms with Gasteiger partial charge in [-0.3, -0.25) is 0 Å². The van der Waals surface area contributed by atoms with Crippen LogP contribution in [0.4, 0.5) is 0 Å². The fourth-order valence-electron chi connectivity index (χ4n) is 9.33. The third-order valence-electron chi connectivity index (χ3n) is 11.0. The third kappa shape index (κ3) is 3.18. The van der Waals surface area contributed by atoms with Gasteiger partial charge in [0.1, 0.15) is 0 Å². The van der Waals surface area contributed by atoms with E-state index in [0.29, 0.717) is 17.6 Å². The van der Waals surface area contributed by atoms with E-state index in [0.717, 1.165) is 54.7 Å². The lowest BCUT2D eigenvalue weighted by atomic mass is 9.52. The maximum absolute atomic E-state index is 9.34. The van der Waals surface area contributed by atoms with E-state index in [1.54, 1.807) is 5.57 Å². The van der Waals surface area contributed by atoms with Gasteiger partial charge < -0.3 is 15.3 Å². The van der Waals surface area contributed by atoms with Gasteiger partial charge in [-0.25, -0.2) is 0 Å². The molecule has 5 fully saturated rings. The number of nitrogens with zero attached hydrogens (tertiary/aromatic N) is 1. The van der Waals surface area contributed by atoms with Crippen molar-refractivity contribution < 1.29 is 9.94 Å². The zero-order valence-corrected chi connectivity index (χ0v) is 19.8. The Hall–Kier alpha value is -0.870. The third-order valence-corrected chi connectivity index (χ3v) is 11.0. The minimum Gasteiger partial charge on any atom is -0.411 e. The molecular weight excluding hydrogens is 384 g/mol. The molecule has 172 valence electrons. The fraction of sp³-hybridized carbons (Fsp3) is 0.889. The second-order valence-electron chi connectivity index (χ2n) is 12.7. The molecule has 7 unspecified atom stereocenters. The quantitative estimate of drug-likeness (QED) is 0.297. The van der Waals surface area contributed by atoms with Gasteiger partial charge in [0.05, 0.1) is 17.4 Å². The van der Waals surface area contributed by atoms with Crippen molar-refractivity contribution in [1.29, 1.82) is 0 Å². The van der Waals surface area contributed by atoms with Gasteiger partial charge in [-0.1, -0.05) is 30.1 Å². The second-order valence-corrected chi connectivity index (χ2v) is 12.7. The summed E-state index contributed by atoms with van der Waals surface area (Å²) in [7, 11) is 0. The average Bonchev–Trinajstić information content (AvgIpc) is 3.26. The Kier molecular flexibility index (Phi) is 4.89. The van der Waals surface area contributed by atoms with E-state index in [9.17, 15) is 5.21 Å². The molecule has 0 aromatic heterocycles. The molecule has 9 atom stereocenters. The number of nitrogens with one attached hydrogen (secondary N) is 1. The normalized spacial score (nSPS) is 53.1. The molecule has 0 radical (unpaired) electrons. The number of fused-ring (bicyclic) bond motifs is 6. The lowest BCUT2D eigenvalue weighted by Crippen LogP contribution is -2.46. The van der Waals surface area contributed by atoms with E-state index in [-0.39, 0.29) is 5.60 Å². The largest absolute Gasteiger partial charge is 0.411 e. The highest BCUT2D eigenvalue weighted by Crippen LogP contribution is 2.64. The van der Waals surface area contributed by atoms with Crippen LogP contribution >= 0.6 is 0 Å². The Balaban J connectivity index is 1.25. The van der Waals surface area contributed by atoms with E-state index in [2.05, 4.69) is 31.2 Å². The maximum atomic E-state index is 9.34. The molecule has 2 aliphatic heterocycles. The molecule has 4 heteroatoms. The average molecular weight is 427 g/mol. The van der Waals surface area contributed by atoms with E-state index in [4.69, 9.17) is 4.74 Å². The summed E-state index contributed by atoms with van der Waals surface area (Å²) in [6, 6.07) is 0.582. The first-order valence-electron chi connectivity index (χ1n) is 13.2. The topological polar surface area (TPSA) is 53.9 Å². The second kappa shape index (κ2) is 7.32. The van der Waals surface area contributed by atoms with Gasteiger partial charge in [0, 0.05) is 6.04 Å². The van der Waals surface area contributed by atoms with Crippen molar-refractivity contribution in [3.8, 4) is 0 Å². The number of ether oxygens (including phenoxy) is 1. The highest BCUT2D eigenvalue weighted by Gasteiger charge is 2.57. The summed E-state index contributed by atoms with van der Waals surface area (Å²) < 4.78 is 6.91. The van der Waals surface area contributed by atoms with Crippen LogP contribution < -0.4 is 5.32 Å². The lowest BCUT2D eigenvalue weighted by molar-refractivity contribution is -0.0629. The summed E-state index contributed by atoms with van der Waals surface area (Å²) in [5.74, 6) is 3.97. The Labute approximate surface area is 188 Å². The van der Waals surface area contributed by atoms with Crippen molar-refractivity contribution in [2.24, 2.45) is 40.2 Å². The first kappa shape index (κ1) is 20.7. The zero-order valence-electron chi connectivity index (χ0n) is 19.8. The summed E-state index contributed by atoms with van der Waals surface area (Å²) >= 11 is 0. The number of hydrogen-bond acceptors (Lipinski definition) is 4. The molecule has 1 spiro atoms. The number of oxime groups is 1. The first-order valence-corrected chi connectivity index (χ1v) is 13.2. The first-order chi connectivity index (χ1) is 14.9. The molecule has 6 rings (SSSR count). The van der Waals surface area contributed by atoms with Gasteiger partial charge in [-0.15, -0.1) is 0 Å². The van der Waals surface area contributed by atoms with Gasteiger partial charge in [-0.2, -0.15) is 0 Å². The fourth-order valence-corrected chi connectivity index (χ4v) is 9.33. The monoisotopic (exact) mass is 426 g/mol. The van der Waals surface area contributed by atoms with Crippen LogP contribution in [-0.4, -0.2) is 35.2 Å². The van der Waals surface area contributed by atoms with Crippen LogP contribution in [0.2, 0.25) is 0 Å². The molecule has 0 aromatic rings. The van der Waals surface area contributed by atoms with Gasteiger partial charge in [0.15, 0.2) is 0 Å². The van der Waals surface area contributed by atoms with Gasteiger partial charge in [0.2, 0.25) is 0 Å². The molecular formula is C27H42N2O2. The Morgan fingerprint density at radius 3 is 2.87 bits per heavy atom. The predicted octanol–water partition coefficient (Wildman–Crippen LogP) is 5.70. The zero-order chi connectivity index (χ0) is 21.4. The van der Waals surface area contributed by atoms with Gasteiger partial charge >= 0.3 is 0 Å². The minimum absolute atomic E-state index is 0.0990. The number of hydrogen-bond donors (Lipinski definition) is 2. The van der Waals surface area contributed by atoms with Crippen molar-refractivity contribution in [2.75, 3.05) is 6.54 Å². The molecule has 4 aliphatic carbocycles. The predicted molar refractivity (Wildman–Crippen MR) is 123 cm³/mol. The SMILES string of the molecule is CC1=C2CC3C(CCC4C/C(=N/O)CC[C@@]43C)C2CC[C@]2(C1)CC1NCC(C)CC1O2. The Morgan fingerprint density at radius 1 is 1.16 bits per heavy atom. The number of allylic oxidation sites excluding steroid dienone is 1. The minimum atomic E-state index is 0.0990. The van der Waals surface area contributed by atoms with Crippen molar-refractivity contribution >= 4 is 5.71 Å². The van der Waals surface area contributed by atoms with E-state index in [1.165, 1.54) is 57.8 Å². The highest BCUT2D eigenvalue weighted by atomic mass is 16.5. The van der Waals surface area contributed by atoms with Crippen molar-refractivity contribution in [3.05, 3.63) is 11.1 Å². The van der Waals surface area contributed by atoms with Crippen LogP contribution in [-0.2, 0) is 4.74 Å². The molecule has 4 nitrogen and oxygen atoms in total. The summed E-state index contributed by atoms with van der Waals surface area (Å²) in [5, 5.41) is 16.8. The van der Waals surface area contributed by atoms with E-state index in [1.807, 2.05) is 5.57 Å². The smallest absolute Gasteiger partial charge is 0.0740 e. The molecule has 31 heavy (non-hydrogen) atoms. The summed E-state index contributed by atoms with van der Waals surface area (Å²) in [5.41, 5.74) is 5.09. The van der Waals surface area contributed by atoms with E-state index < -0.39 is 0 Å². The molecule has 3 saturated carbocycles. The van der Waals surface area contributed by atoms with Crippen LogP contribution in [0.25, 0.3) is 0 Å². The molecule has 0 amide bonds. The van der Waals surface area contributed by atoms with Crippen LogP contribution in [0.5, 0.6) is 0 Å². The Bertz CT molecular complexity index is 805. The van der Waals surface area contributed by atoms with E-state index >= 15 is 0 Å². The summed E-state index contributed by atoms with van der Waals surface area (Å²) in [4.78, 5) is 0. The lowest BCUT2D eigenvalue weighted by Gasteiger charge is -2.52. The molecule has 0 aromatic carbocycles. The maximum Gasteiger partial charge on any atom is 0.0740 e. The Morgan fingerprint density at radius 2 is 2.03 bits per heavy atom. The van der Waals surface area contributed by atoms with Crippen LogP contribution in [0.1, 0.15) is 91.4 Å². The summed E-state index contributed by atoms with van der Waals surface area (Å²) in [6.45, 7) is 8.56. The molecule has 2 N–H and O–H groups in total.